The summed E-state index contributed by atoms with van der Waals surface area (Å²) in [7, 11) is 0. The van der Waals surface area contributed by atoms with E-state index in [1.54, 1.807) is 13.0 Å². The number of furan rings is 1. The molecule has 0 aliphatic carbocycles. The molecule has 106 valence electrons. The van der Waals surface area contributed by atoms with Gasteiger partial charge in [-0.05, 0) is 13.0 Å². The van der Waals surface area contributed by atoms with Crippen LogP contribution in [-0.2, 0) is 4.79 Å². The Morgan fingerprint density at radius 1 is 1.50 bits per heavy atom. The molecular formula is C11H14N6O3. The average Bonchev–Trinajstić information content (AvgIpc) is 3.12. The van der Waals surface area contributed by atoms with Crippen LogP contribution in [0, 0.1) is 0 Å². The van der Waals surface area contributed by atoms with Gasteiger partial charge in [0.1, 0.15) is 6.26 Å². The van der Waals surface area contributed by atoms with Crippen LogP contribution in [0.4, 0.5) is 0 Å². The van der Waals surface area contributed by atoms with Gasteiger partial charge in [0, 0.05) is 13.0 Å². The number of tetrazole rings is 1. The monoisotopic (exact) mass is 278 g/mol. The molecule has 0 fully saturated rings. The molecule has 2 aromatic rings. The van der Waals surface area contributed by atoms with E-state index >= 15 is 0 Å². The molecule has 2 heterocycles. The highest BCUT2D eigenvalue weighted by atomic mass is 16.3. The van der Waals surface area contributed by atoms with E-state index in [4.69, 9.17) is 4.42 Å². The van der Waals surface area contributed by atoms with Crippen molar-refractivity contribution in [3.8, 4) is 0 Å². The van der Waals surface area contributed by atoms with Crippen molar-refractivity contribution in [2.75, 3.05) is 6.54 Å². The van der Waals surface area contributed by atoms with Crippen LogP contribution in [0.5, 0.6) is 0 Å². The summed E-state index contributed by atoms with van der Waals surface area (Å²) < 4.78 is 4.79. The maximum absolute atomic E-state index is 11.6. The number of H-pyrrole nitrogens is 1. The molecule has 2 aromatic heterocycles. The highest BCUT2D eigenvalue weighted by Gasteiger charge is 2.13. The Labute approximate surface area is 114 Å². The van der Waals surface area contributed by atoms with E-state index < -0.39 is 0 Å². The Morgan fingerprint density at radius 3 is 3.00 bits per heavy atom. The lowest BCUT2D eigenvalue weighted by Gasteiger charge is -2.10. The Morgan fingerprint density at radius 2 is 2.35 bits per heavy atom. The zero-order valence-corrected chi connectivity index (χ0v) is 10.8. The van der Waals surface area contributed by atoms with Gasteiger partial charge in [0.15, 0.2) is 5.82 Å². The number of rotatable bonds is 6. The molecule has 0 saturated carbocycles. The predicted octanol–water partition coefficient (Wildman–Crippen LogP) is -0.210. The van der Waals surface area contributed by atoms with E-state index in [9.17, 15) is 9.59 Å². The summed E-state index contributed by atoms with van der Waals surface area (Å²) in [5, 5.41) is 18.6. The fraction of sp³-hybridized carbons (Fsp3) is 0.364. The number of aromatic nitrogens is 4. The minimum atomic E-state index is -0.342. The van der Waals surface area contributed by atoms with E-state index in [1.165, 1.54) is 12.5 Å². The van der Waals surface area contributed by atoms with Gasteiger partial charge < -0.3 is 15.1 Å². The van der Waals surface area contributed by atoms with E-state index in [-0.39, 0.29) is 30.8 Å². The summed E-state index contributed by atoms with van der Waals surface area (Å²) in [4.78, 5) is 23.2. The Hall–Kier alpha value is -2.71. The molecule has 0 bridgehead atoms. The van der Waals surface area contributed by atoms with Crippen LogP contribution in [0.1, 0.15) is 35.6 Å². The number of aromatic amines is 1. The van der Waals surface area contributed by atoms with Crippen LogP contribution in [0.3, 0.4) is 0 Å². The number of nitrogens with one attached hydrogen (secondary N) is 3. The van der Waals surface area contributed by atoms with Crippen molar-refractivity contribution in [3.63, 3.8) is 0 Å². The number of carbonyl (C=O) groups is 2. The van der Waals surface area contributed by atoms with Crippen LogP contribution in [0.2, 0.25) is 0 Å². The molecule has 2 amide bonds. The van der Waals surface area contributed by atoms with Crippen molar-refractivity contribution in [1.29, 1.82) is 0 Å². The maximum atomic E-state index is 11.6. The van der Waals surface area contributed by atoms with Crippen LogP contribution < -0.4 is 10.6 Å². The zero-order valence-electron chi connectivity index (χ0n) is 10.8. The molecule has 3 N–H and O–H groups in total. The lowest BCUT2D eigenvalue weighted by atomic mass is 10.3. The summed E-state index contributed by atoms with van der Waals surface area (Å²) in [6.07, 6.45) is 2.91. The van der Waals surface area contributed by atoms with Gasteiger partial charge in [-0.3, -0.25) is 9.59 Å². The molecule has 1 unspecified atom stereocenters. The van der Waals surface area contributed by atoms with Gasteiger partial charge in [-0.15, -0.1) is 10.2 Å². The number of hydrogen-bond acceptors (Lipinski definition) is 6. The van der Waals surface area contributed by atoms with Crippen molar-refractivity contribution in [1.82, 2.24) is 31.3 Å². The second-order valence-corrected chi connectivity index (χ2v) is 4.08. The molecule has 20 heavy (non-hydrogen) atoms. The summed E-state index contributed by atoms with van der Waals surface area (Å²) in [6, 6.07) is 1.21. The fourth-order valence-corrected chi connectivity index (χ4v) is 1.52. The van der Waals surface area contributed by atoms with Gasteiger partial charge in [0.05, 0.1) is 17.9 Å². The Bertz CT molecular complexity index is 551. The molecule has 1 atom stereocenters. The number of carbonyl (C=O) groups excluding carboxylic acids is 2. The number of amides is 2. The topological polar surface area (TPSA) is 126 Å². The average molecular weight is 278 g/mol. The van der Waals surface area contributed by atoms with Crippen molar-refractivity contribution in [3.05, 3.63) is 30.0 Å². The molecule has 0 aromatic carbocycles. The molecule has 9 heteroatoms. The second-order valence-electron chi connectivity index (χ2n) is 4.08. The minimum Gasteiger partial charge on any atom is -0.472 e. The first-order valence-electron chi connectivity index (χ1n) is 6.00. The summed E-state index contributed by atoms with van der Waals surface area (Å²) in [5.41, 5.74) is 0.422. The normalized spacial score (nSPS) is 11.8. The molecule has 2 rings (SSSR count). The number of nitrogens with zero attached hydrogens (tertiary/aromatic N) is 3. The SMILES string of the molecule is CC(NC(=O)CCNC(=O)c1ccoc1)c1nn[nH]n1. The quantitative estimate of drug-likeness (QED) is 0.671. The van der Waals surface area contributed by atoms with Gasteiger partial charge in [-0.2, -0.15) is 5.21 Å². The van der Waals surface area contributed by atoms with Crippen molar-refractivity contribution < 1.29 is 14.0 Å². The lowest BCUT2D eigenvalue weighted by Crippen LogP contribution is -2.32. The first kappa shape index (κ1) is 13.7. The van der Waals surface area contributed by atoms with Crippen molar-refractivity contribution in [2.24, 2.45) is 0 Å². The van der Waals surface area contributed by atoms with Crippen LogP contribution in [-0.4, -0.2) is 39.0 Å². The van der Waals surface area contributed by atoms with Crippen molar-refractivity contribution in [2.45, 2.75) is 19.4 Å². The second kappa shape index (κ2) is 6.45. The summed E-state index contributed by atoms with van der Waals surface area (Å²) in [6.45, 7) is 1.97. The van der Waals surface area contributed by atoms with E-state index in [0.29, 0.717) is 11.4 Å². The van der Waals surface area contributed by atoms with E-state index in [0.717, 1.165) is 0 Å². The lowest BCUT2D eigenvalue weighted by molar-refractivity contribution is -0.121. The summed E-state index contributed by atoms with van der Waals surface area (Å²) in [5.74, 6) is -0.0895. The molecule has 9 nitrogen and oxygen atoms in total. The predicted molar refractivity (Wildman–Crippen MR) is 66.4 cm³/mol. The highest BCUT2D eigenvalue weighted by Crippen LogP contribution is 2.03. The third-order valence-corrected chi connectivity index (χ3v) is 2.55. The minimum absolute atomic E-state index is 0.159. The zero-order chi connectivity index (χ0) is 14.4. The van der Waals surface area contributed by atoms with Crippen LogP contribution >= 0.6 is 0 Å². The van der Waals surface area contributed by atoms with E-state index in [2.05, 4.69) is 31.3 Å². The van der Waals surface area contributed by atoms with E-state index in [1.807, 2.05) is 0 Å². The van der Waals surface area contributed by atoms with Crippen molar-refractivity contribution >= 4 is 11.8 Å². The van der Waals surface area contributed by atoms with Gasteiger partial charge >= 0.3 is 0 Å². The van der Waals surface area contributed by atoms with Gasteiger partial charge in [0.25, 0.3) is 5.91 Å². The summed E-state index contributed by atoms with van der Waals surface area (Å²) >= 11 is 0. The smallest absolute Gasteiger partial charge is 0.254 e. The van der Waals surface area contributed by atoms with Gasteiger partial charge in [0.2, 0.25) is 5.91 Å². The number of hydrogen-bond donors (Lipinski definition) is 3. The molecule has 0 aliphatic heterocycles. The molecule has 0 aliphatic rings. The Kier molecular flexibility index (Phi) is 4.43. The van der Waals surface area contributed by atoms with Crippen LogP contribution in [0.15, 0.2) is 23.0 Å². The standard InChI is InChI=1S/C11H14N6O3/c1-7(10-14-16-17-15-10)13-9(18)2-4-12-11(19)8-3-5-20-6-8/h3,5-7H,2,4H2,1H3,(H,12,19)(H,13,18)(H,14,15,16,17). The first-order valence-corrected chi connectivity index (χ1v) is 6.00. The maximum Gasteiger partial charge on any atom is 0.254 e. The fourth-order valence-electron chi connectivity index (χ4n) is 1.52. The first-order chi connectivity index (χ1) is 9.66. The van der Waals surface area contributed by atoms with Gasteiger partial charge in [-0.25, -0.2) is 0 Å². The molecule has 0 radical (unpaired) electrons. The molecule has 0 spiro atoms. The molecule has 0 saturated heterocycles. The van der Waals surface area contributed by atoms with Gasteiger partial charge in [-0.1, -0.05) is 5.21 Å². The Balaban J connectivity index is 1.69. The van der Waals surface area contributed by atoms with Crippen LogP contribution in [0.25, 0.3) is 0 Å². The highest BCUT2D eigenvalue weighted by molar-refractivity contribution is 5.94. The molecular weight excluding hydrogens is 264 g/mol. The third-order valence-electron chi connectivity index (χ3n) is 2.55. The third kappa shape index (κ3) is 3.64. The largest absolute Gasteiger partial charge is 0.472 e.